The van der Waals surface area contributed by atoms with Gasteiger partial charge in [0, 0.05) is 17.4 Å². The fourth-order valence-corrected chi connectivity index (χ4v) is 2.60. The molecule has 3 rings (SSSR count). The number of Topliss-reactive ketones (excluding diaryl/α,β-unsaturated/α-hetero) is 1. The summed E-state index contributed by atoms with van der Waals surface area (Å²) in [5, 5.41) is 5.27. The molecule has 1 heterocycles. The van der Waals surface area contributed by atoms with Crippen LogP contribution in [0.1, 0.15) is 33.2 Å². The van der Waals surface area contributed by atoms with E-state index < -0.39 is 17.6 Å². The van der Waals surface area contributed by atoms with Crippen LogP contribution in [0.25, 0.3) is 0 Å². The van der Waals surface area contributed by atoms with Crippen molar-refractivity contribution in [3.63, 3.8) is 0 Å². The van der Waals surface area contributed by atoms with E-state index in [0.717, 1.165) is 6.07 Å². The van der Waals surface area contributed by atoms with Crippen molar-refractivity contribution in [2.45, 2.75) is 13.1 Å². The van der Waals surface area contributed by atoms with Crippen LogP contribution in [-0.4, -0.2) is 16.7 Å². The largest absolute Gasteiger partial charge is 0.418 e. The fourth-order valence-electron chi connectivity index (χ4n) is 2.60. The number of ketones is 1. The molecule has 0 fully saturated rings. The molecule has 1 aromatic heterocycles. The van der Waals surface area contributed by atoms with E-state index in [1.54, 1.807) is 24.3 Å². The van der Waals surface area contributed by atoms with Gasteiger partial charge in [0.1, 0.15) is 5.82 Å². The standard InChI is InChI=1S/C21H16F3N3O2/c1-13(28)14-5-4-6-16(11-14)26-20(29)15-9-10-19(25-12-15)27-18-8-3-2-7-17(18)21(22,23)24/h2-12H,1H3,(H,25,27)(H,26,29). The molecule has 148 valence electrons. The van der Waals surface area contributed by atoms with E-state index in [2.05, 4.69) is 15.6 Å². The molecule has 0 aliphatic heterocycles. The summed E-state index contributed by atoms with van der Waals surface area (Å²) in [4.78, 5) is 27.8. The maximum absolute atomic E-state index is 13.1. The number of carbonyl (C=O) groups excluding carboxylic acids is 2. The molecule has 0 bridgehead atoms. The van der Waals surface area contributed by atoms with Gasteiger partial charge in [0.15, 0.2) is 5.78 Å². The number of amides is 1. The van der Waals surface area contributed by atoms with Gasteiger partial charge in [-0.05, 0) is 43.3 Å². The number of hydrogen-bond donors (Lipinski definition) is 2. The number of para-hydroxylation sites is 1. The van der Waals surface area contributed by atoms with Crippen molar-refractivity contribution < 1.29 is 22.8 Å². The van der Waals surface area contributed by atoms with Crippen molar-refractivity contribution in [3.05, 3.63) is 83.6 Å². The van der Waals surface area contributed by atoms with Crippen LogP contribution < -0.4 is 10.6 Å². The molecule has 0 spiro atoms. The number of nitrogens with zero attached hydrogens (tertiary/aromatic N) is 1. The average Bonchev–Trinajstić information content (AvgIpc) is 2.68. The molecule has 0 radical (unpaired) electrons. The van der Waals surface area contributed by atoms with E-state index in [1.165, 1.54) is 43.5 Å². The van der Waals surface area contributed by atoms with Crippen LogP contribution in [0.2, 0.25) is 0 Å². The second-order valence-electron chi connectivity index (χ2n) is 6.19. The average molecular weight is 399 g/mol. The highest BCUT2D eigenvalue weighted by Crippen LogP contribution is 2.35. The molecule has 0 saturated heterocycles. The molecule has 3 aromatic rings. The molecule has 5 nitrogen and oxygen atoms in total. The van der Waals surface area contributed by atoms with Crippen LogP contribution in [0, 0.1) is 0 Å². The molecule has 2 aromatic carbocycles. The Morgan fingerprint density at radius 2 is 1.69 bits per heavy atom. The SMILES string of the molecule is CC(=O)c1cccc(NC(=O)c2ccc(Nc3ccccc3C(F)(F)F)nc2)c1. The first kappa shape index (κ1) is 20.1. The minimum Gasteiger partial charge on any atom is -0.340 e. The Morgan fingerprint density at radius 3 is 2.34 bits per heavy atom. The highest BCUT2D eigenvalue weighted by molar-refractivity contribution is 6.05. The molecule has 8 heteroatoms. The topological polar surface area (TPSA) is 71.1 Å². The van der Waals surface area contributed by atoms with Crippen molar-refractivity contribution in [2.24, 2.45) is 0 Å². The van der Waals surface area contributed by atoms with Gasteiger partial charge in [-0.15, -0.1) is 0 Å². The van der Waals surface area contributed by atoms with Gasteiger partial charge in [0.05, 0.1) is 16.8 Å². The molecule has 0 unspecified atom stereocenters. The first-order valence-corrected chi connectivity index (χ1v) is 8.56. The van der Waals surface area contributed by atoms with Crippen LogP contribution in [0.3, 0.4) is 0 Å². The number of nitrogens with one attached hydrogen (secondary N) is 2. The normalized spacial score (nSPS) is 11.0. The van der Waals surface area contributed by atoms with Crippen molar-refractivity contribution in [1.29, 1.82) is 0 Å². The highest BCUT2D eigenvalue weighted by Gasteiger charge is 2.33. The summed E-state index contributed by atoms with van der Waals surface area (Å²) >= 11 is 0. The van der Waals surface area contributed by atoms with Gasteiger partial charge < -0.3 is 10.6 Å². The number of hydrogen-bond acceptors (Lipinski definition) is 4. The molecular weight excluding hydrogens is 383 g/mol. The van der Waals surface area contributed by atoms with E-state index >= 15 is 0 Å². The maximum Gasteiger partial charge on any atom is 0.418 e. The molecule has 29 heavy (non-hydrogen) atoms. The lowest BCUT2D eigenvalue weighted by Crippen LogP contribution is -2.13. The maximum atomic E-state index is 13.1. The Bertz CT molecular complexity index is 1050. The molecule has 0 aliphatic rings. The summed E-state index contributed by atoms with van der Waals surface area (Å²) in [6.07, 6.45) is -3.25. The lowest BCUT2D eigenvalue weighted by molar-refractivity contribution is -0.136. The second kappa shape index (κ2) is 8.14. The molecule has 0 aliphatic carbocycles. The highest BCUT2D eigenvalue weighted by atomic mass is 19.4. The molecule has 0 atom stereocenters. The first-order valence-electron chi connectivity index (χ1n) is 8.56. The Balaban J connectivity index is 1.73. The van der Waals surface area contributed by atoms with E-state index in [9.17, 15) is 22.8 Å². The van der Waals surface area contributed by atoms with Crippen molar-refractivity contribution in [3.8, 4) is 0 Å². The fraction of sp³-hybridized carbons (Fsp3) is 0.0952. The van der Waals surface area contributed by atoms with Crippen LogP contribution >= 0.6 is 0 Å². The van der Waals surface area contributed by atoms with Crippen LogP contribution in [-0.2, 0) is 6.18 Å². The van der Waals surface area contributed by atoms with Crippen molar-refractivity contribution in [2.75, 3.05) is 10.6 Å². The van der Waals surface area contributed by atoms with Gasteiger partial charge in [0.25, 0.3) is 5.91 Å². The van der Waals surface area contributed by atoms with Crippen LogP contribution in [0.4, 0.5) is 30.4 Å². The molecule has 1 amide bonds. The minimum absolute atomic E-state index is 0.127. The number of alkyl halides is 3. The Kier molecular flexibility index (Phi) is 5.63. The van der Waals surface area contributed by atoms with Gasteiger partial charge in [-0.2, -0.15) is 13.2 Å². The number of aromatic nitrogens is 1. The summed E-state index contributed by atoms with van der Waals surface area (Å²) in [5.41, 5.74) is 0.181. The van der Waals surface area contributed by atoms with Gasteiger partial charge in [-0.25, -0.2) is 4.98 Å². The first-order chi connectivity index (χ1) is 13.7. The summed E-state index contributed by atoms with van der Waals surface area (Å²) in [5.74, 6) is -0.422. The Labute approximate surface area is 164 Å². The van der Waals surface area contributed by atoms with Gasteiger partial charge in [-0.3, -0.25) is 9.59 Å². The number of rotatable bonds is 5. The van der Waals surface area contributed by atoms with Crippen LogP contribution in [0.5, 0.6) is 0 Å². The zero-order valence-corrected chi connectivity index (χ0v) is 15.2. The lowest BCUT2D eigenvalue weighted by Gasteiger charge is -2.14. The monoisotopic (exact) mass is 399 g/mol. The summed E-state index contributed by atoms with van der Waals surface area (Å²) < 4.78 is 39.2. The zero-order valence-electron chi connectivity index (χ0n) is 15.2. The van der Waals surface area contributed by atoms with Gasteiger partial charge >= 0.3 is 6.18 Å². The molecular formula is C21H16F3N3O2. The number of anilines is 3. The predicted molar refractivity (Wildman–Crippen MR) is 103 cm³/mol. The summed E-state index contributed by atoms with van der Waals surface area (Å²) in [6.45, 7) is 1.42. The van der Waals surface area contributed by atoms with Crippen molar-refractivity contribution in [1.82, 2.24) is 4.98 Å². The number of benzene rings is 2. The molecule has 0 saturated carbocycles. The zero-order chi connectivity index (χ0) is 21.0. The van der Waals surface area contributed by atoms with Gasteiger partial charge in [0.2, 0.25) is 0 Å². The smallest absolute Gasteiger partial charge is 0.340 e. The predicted octanol–water partition coefficient (Wildman–Crippen LogP) is 5.30. The van der Waals surface area contributed by atoms with Gasteiger partial charge in [-0.1, -0.05) is 24.3 Å². The second-order valence-corrected chi connectivity index (χ2v) is 6.19. The third-order valence-electron chi connectivity index (χ3n) is 4.05. The van der Waals surface area contributed by atoms with E-state index in [4.69, 9.17) is 0 Å². The van der Waals surface area contributed by atoms with E-state index in [1.807, 2.05) is 0 Å². The Morgan fingerprint density at radius 1 is 0.931 bits per heavy atom. The molecule has 2 N–H and O–H groups in total. The number of pyridine rings is 1. The van der Waals surface area contributed by atoms with Crippen LogP contribution in [0.15, 0.2) is 66.9 Å². The quantitative estimate of drug-likeness (QED) is 0.571. The number of carbonyl (C=O) groups is 2. The van der Waals surface area contributed by atoms with E-state index in [0.29, 0.717) is 11.3 Å². The minimum atomic E-state index is -4.50. The summed E-state index contributed by atoms with van der Waals surface area (Å²) in [6, 6.07) is 14.4. The third kappa shape index (κ3) is 4.98. The Hall–Kier alpha value is -3.68. The lowest BCUT2D eigenvalue weighted by atomic mass is 10.1. The third-order valence-corrected chi connectivity index (χ3v) is 4.05. The summed E-state index contributed by atoms with van der Waals surface area (Å²) in [7, 11) is 0. The van der Waals surface area contributed by atoms with E-state index in [-0.39, 0.29) is 22.9 Å². The van der Waals surface area contributed by atoms with Crippen molar-refractivity contribution >= 4 is 28.9 Å². The number of halogens is 3.